The summed E-state index contributed by atoms with van der Waals surface area (Å²) in [6, 6.07) is 7.52. The molecule has 0 atom stereocenters. The molecule has 1 aromatic carbocycles. The molecule has 0 bridgehead atoms. The Morgan fingerprint density at radius 1 is 1.36 bits per heavy atom. The SMILES string of the molecule is CNC(=O)N/N=C\c1ccc(C)cc1. The van der Waals surface area contributed by atoms with Crippen LogP contribution in [0.5, 0.6) is 0 Å². The Kier molecular flexibility index (Phi) is 3.67. The molecule has 0 aliphatic rings. The summed E-state index contributed by atoms with van der Waals surface area (Å²) in [5, 5.41) is 6.15. The number of urea groups is 1. The van der Waals surface area contributed by atoms with Crippen LogP contribution < -0.4 is 10.7 Å². The van der Waals surface area contributed by atoms with Crippen molar-refractivity contribution in [3.05, 3.63) is 35.4 Å². The number of aryl methyl sites for hydroxylation is 1. The first-order chi connectivity index (χ1) is 6.72. The number of amides is 2. The molecule has 4 heteroatoms. The monoisotopic (exact) mass is 191 g/mol. The summed E-state index contributed by atoms with van der Waals surface area (Å²) in [6.45, 7) is 2.02. The van der Waals surface area contributed by atoms with E-state index in [1.54, 1.807) is 6.21 Å². The van der Waals surface area contributed by atoms with E-state index in [4.69, 9.17) is 0 Å². The molecule has 0 spiro atoms. The van der Waals surface area contributed by atoms with Crippen LogP contribution in [-0.4, -0.2) is 19.3 Å². The lowest BCUT2D eigenvalue weighted by Crippen LogP contribution is -2.28. The summed E-state index contributed by atoms with van der Waals surface area (Å²) < 4.78 is 0. The predicted molar refractivity (Wildman–Crippen MR) is 56.4 cm³/mol. The number of hydrogen-bond donors (Lipinski definition) is 2. The summed E-state index contributed by atoms with van der Waals surface area (Å²) >= 11 is 0. The number of nitrogens with one attached hydrogen (secondary N) is 2. The van der Waals surface area contributed by atoms with E-state index in [1.807, 2.05) is 31.2 Å². The van der Waals surface area contributed by atoms with Crippen molar-refractivity contribution in [2.75, 3.05) is 7.05 Å². The molecule has 0 unspecified atom stereocenters. The molecule has 0 aromatic heterocycles. The lowest BCUT2D eigenvalue weighted by atomic mass is 10.2. The molecule has 0 saturated carbocycles. The molecule has 4 nitrogen and oxygen atoms in total. The summed E-state index contributed by atoms with van der Waals surface area (Å²) in [4.78, 5) is 10.7. The van der Waals surface area contributed by atoms with E-state index in [2.05, 4.69) is 15.8 Å². The average molecular weight is 191 g/mol. The largest absolute Gasteiger partial charge is 0.340 e. The van der Waals surface area contributed by atoms with E-state index >= 15 is 0 Å². The van der Waals surface area contributed by atoms with Crippen LogP contribution in [0.15, 0.2) is 29.4 Å². The van der Waals surface area contributed by atoms with Gasteiger partial charge >= 0.3 is 6.03 Å². The third-order valence-corrected chi connectivity index (χ3v) is 1.68. The zero-order valence-electron chi connectivity index (χ0n) is 8.24. The maximum Gasteiger partial charge on any atom is 0.334 e. The molecule has 1 aromatic rings. The van der Waals surface area contributed by atoms with Crippen molar-refractivity contribution in [1.29, 1.82) is 0 Å². The second-order valence-corrected chi connectivity index (χ2v) is 2.86. The van der Waals surface area contributed by atoms with Gasteiger partial charge in [-0.2, -0.15) is 5.10 Å². The van der Waals surface area contributed by atoms with E-state index in [0.717, 1.165) is 5.56 Å². The molecule has 0 fully saturated rings. The van der Waals surface area contributed by atoms with Crippen molar-refractivity contribution in [3.8, 4) is 0 Å². The molecule has 0 radical (unpaired) electrons. The van der Waals surface area contributed by atoms with Gasteiger partial charge < -0.3 is 5.32 Å². The fraction of sp³-hybridized carbons (Fsp3) is 0.200. The fourth-order valence-corrected chi connectivity index (χ4v) is 0.874. The van der Waals surface area contributed by atoms with Crippen LogP contribution in [0.3, 0.4) is 0 Å². The number of rotatable bonds is 2. The zero-order chi connectivity index (χ0) is 10.4. The Balaban J connectivity index is 2.52. The van der Waals surface area contributed by atoms with Crippen molar-refractivity contribution in [2.45, 2.75) is 6.92 Å². The van der Waals surface area contributed by atoms with E-state index in [-0.39, 0.29) is 6.03 Å². The maximum absolute atomic E-state index is 10.7. The van der Waals surface area contributed by atoms with Gasteiger partial charge in [0.15, 0.2) is 0 Å². The van der Waals surface area contributed by atoms with Gasteiger partial charge in [0.2, 0.25) is 0 Å². The number of hydrogen-bond acceptors (Lipinski definition) is 2. The van der Waals surface area contributed by atoms with Crippen molar-refractivity contribution in [1.82, 2.24) is 10.7 Å². The Labute approximate surface area is 83.0 Å². The van der Waals surface area contributed by atoms with Crippen molar-refractivity contribution in [3.63, 3.8) is 0 Å². The van der Waals surface area contributed by atoms with Gasteiger partial charge in [-0.05, 0) is 12.5 Å². The molecule has 2 N–H and O–H groups in total. The van der Waals surface area contributed by atoms with Gasteiger partial charge in [-0.25, -0.2) is 10.2 Å². The summed E-state index contributed by atoms with van der Waals surface area (Å²) in [5.74, 6) is 0. The predicted octanol–water partition coefficient (Wildman–Crippen LogP) is 1.26. The second-order valence-electron chi connectivity index (χ2n) is 2.86. The Hall–Kier alpha value is -1.84. The normalized spacial score (nSPS) is 10.1. The van der Waals surface area contributed by atoms with Gasteiger partial charge in [0.25, 0.3) is 0 Å². The fourth-order valence-electron chi connectivity index (χ4n) is 0.874. The van der Waals surface area contributed by atoms with Crippen molar-refractivity contribution < 1.29 is 4.79 Å². The smallest absolute Gasteiger partial charge is 0.334 e. The quantitative estimate of drug-likeness (QED) is 0.536. The van der Waals surface area contributed by atoms with E-state index in [0.29, 0.717) is 0 Å². The Morgan fingerprint density at radius 3 is 2.57 bits per heavy atom. The number of nitrogens with zero attached hydrogens (tertiary/aromatic N) is 1. The topological polar surface area (TPSA) is 53.5 Å². The summed E-state index contributed by atoms with van der Waals surface area (Å²) in [5.41, 5.74) is 4.46. The molecular formula is C10H13N3O. The minimum absolute atomic E-state index is 0.326. The van der Waals surface area contributed by atoms with Crippen molar-refractivity contribution >= 4 is 12.2 Å². The molecule has 0 aliphatic heterocycles. The van der Waals surface area contributed by atoms with Crippen molar-refractivity contribution in [2.24, 2.45) is 5.10 Å². The zero-order valence-corrected chi connectivity index (χ0v) is 8.24. The first-order valence-corrected chi connectivity index (χ1v) is 4.30. The Morgan fingerprint density at radius 2 is 2.00 bits per heavy atom. The molecule has 0 heterocycles. The molecule has 0 saturated heterocycles. The first-order valence-electron chi connectivity index (χ1n) is 4.30. The van der Waals surface area contributed by atoms with E-state index in [9.17, 15) is 4.79 Å². The summed E-state index contributed by atoms with van der Waals surface area (Å²) in [6.07, 6.45) is 1.59. The van der Waals surface area contributed by atoms with Crippen LogP contribution in [0.2, 0.25) is 0 Å². The number of carbonyl (C=O) groups excluding carboxylic acids is 1. The second kappa shape index (κ2) is 5.01. The lowest BCUT2D eigenvalue weighted by molar-refractivity contribution is 0.243. The average Bonchev–Trinajstić information content (AvgIpc) is 2.21. The van der Waals surface area contributed by atoms with Crippen LogP contribution in [0.25, 0.3) is 0 Å². The van der Waals surface area contributed by atoms with Gasteiger partial charge in [-0.15, -0.1) is 0 Å². The Bertz CT molecular complexity index is 330. The van der Waals surface area contributed by atoms with Gasteiger partial charge in [0.1, 0.15) is 0 Å². The highest BCUT2D eigenvalue weighted by Crippen LogP contribution is 1.99. The summed E-state index contributed by atoms with van der Waals surface area (Å²) in [7, 11) is 1.54. The number of hydrazone groups is 1. The molecule has 1 rings (SSSR count). The van der Waals surface area contributed by atoms with Crippen LogP contribution in [0.1, 0.15) is 11.1 Å². The van der Waals surface area contributed by atoms with E-state index in [1.165, 1.54) is 12.6 Å². The minimum atomic E-state index is -0.326. The first kappa shape index (κ1) is 10.2. The number of benzene rings is 1. The molecule has 0 aliphatic carbocycles. The van der Waals surface area contributed by atoms with Gasteiger partial charge in [0.05, 0.1) is 6.21 Å². The minimum Gasteiger partial charge on any atom is -0.340 e. The van der Waals surface area contributed by atoms with Gasteiger partial charge in [-0.1, -0.05) is 29.8 Å². The highest BCUT2D eigenvalue weighted by molar-refractivity contribution is 5.81. The highest BCUT2D eigenvalue weighted by Gasteiger charge is 1.90. The van der Waals surface area contributed by atoms with Crippen LogP contribution in [-0.2, 0) is 0 Å². The lowest BCUT2D eigenvalue weighted by Gasteiger charge is -1.96. The third-order valence-electron chi connectivity index (χ3n) is 1.68. The molecule has 2 amide bonds. The van der Waals surface area contributed by atoms with Gasteiger partial charge in [-0.3, -0.25) is 0 Å². The van der Waals surface area contributed by atoms with Crippen LogP contribution in [0, 0.1) is 6.92 Å². The van der Waals surface area contributed by atoms with Crippen LogP contribution in [0.4, 0.5) is 4.79 Å². The third kappa shape index (κ3) is 3.26. The molecule has 14 heavy (non-hydrogen) atoms. The number of carbonyl (C=O) groups is 1. The molecular weight excluding hydrogens is 178 g/mol. The maximum atomic E-state index is 10.7. The molecule has 74 valence electrons. The van der Waals surface area contributed by atoms with E-state index < -0.39 is 0 Å². The standard InChI is InChI=1S/C10H13N3O/c1-8-3-5-9(6-4-8)7-12-13-10(14)11-2/h3-7H,1-2H3,(H2,11,13,14)/b12-7-. The van der Waals surface area contributed by atoms with Gasteiger partial charge in [0, 0.05) is 7.05 Å². The highest BCUT2D eigenvalue weighted by atomic mass is 16.2. The van der Waals surface area contributed by atoms with Crippen LogP contribution >= 0.6 is 0 Å².